The van der Waals surface area contributed by atoms with Crippen LogP contribution in [-0.2, 0) is 0 Å². The molecule has 0 spiro atoms. The zero-order valence-corrected chi connectivity index (χ0v) is 13.8. The quantitative estimate of drug-likeness (QED) is 0.880. The molecule has 24 heavy (non-hydrogen) atoms. The summed E-state index contributed by atoms with van der Waals surface area (Å²) < 4.78 is 5.13. The maximum Gasteiger partial charge on any atom is 0.412 e. The van der Waals surface area contributed by atoms with Gasteiger partial charge in [-0.15, -0.1) is 0 Å². The van der Waals surface area contributed by atoms with Crippen molar-refractivity contribution in [2.45, 2.75) is 13.8 Å². The molecule has 6 nitrogen and oxygen atoms in total. The summed E-state index contributed by atoms with van der Waals surface area (Å²) >= 11 is 0. The lowest BCUT2D eigenvalue weighted by molar-refractivity contribution is 0.201. The van der Waals surface area contributed by atoms with E-state index in [1.807, 2.05) is 44.2 Å². The van der Waals surface area contributed by atoms with Crippen LogP contribution in [0.25, 0.3) is 0 Å². The Hall–Kier alpha value is -3.02. The van der Waals surface area contributed by atoms with Crippen molar-refractivity contribution in [3.63, 3.8) is 0 Å². The average molecular weight is 327 g/mol. The summed E-state index contributed by atoms with van der Waals surface area (Å²) in [6.45, 7) is 4.70. The van der Waals surface area contributed by atoms with Gasteiger partial charge in [-0.1, -0.05) is 18.2 Å². The Balaban J connectivity index is 2.24. The Bertz CT molecular complexity index is 672. The van der Waals surface area contributed by atoms with Crippen LogP contribution in [0.2, 0.25) is 0 Å². The number of rotatable bonds is 5. The molecule has 2 rings (SSSR count). The van der Waals surface area contributed by atoms with Crippen LogP contribution in [-0.4, -0.2) is 25.2 Å². The molecule has 0 radical (unpaired) electrons. The van der Waals surface area contributed by atoms with E-state index >= 15 is 0 Å². The first kappa shape index (κ1) is 17.3. The first-order valence-corrected chi connectivity index (χ1v) is 7.84. The van der Waals surface area contributed by atoms with E-state index in [0.717, 1.165) is 5.69 Å². The Morgan fingerprint density at radius 2 is 1.46 bits per heavy atom. The van der Waals surface area contributed by atoms with Gasteiger partial charge in [-0.25, -0.2) is 9.59 Å². The summed E-state index contributed by atoms with van der Waals surface area (Å²) in [7, 11) is 0. The molecule has 0 aliphatic heterocycles. The van der Waals surface area contributed by atoms with Crippen LogP contribution in [0.15, 0.2) is 54.6 Å². The van der Waals surface area contributed by atoms with Gasteiger partial charge in [0.2, 0.25) is 0 Å². The van der Waals surface area contributed by atoms with Gasteiger partial charge in [0.1, 0.15) is 5.75 Å². The third-order valence-corrected chi connectivity index (χ3v) is 3.17. The van der Waals surface area contributed by atoms with Gasteiger partial charge in [-0.2, -0.15) is 0 Å². The van der Waals surface area contributed by atoms with Crippen molar-refractivity contribution in [3.8, 4) is 5.75 Å². The molecule has 2 aromatic carbocycles. The van der Waals surface area contributed by atoms with Gasteiger partial charge in [-0.3, -0.25) is 4.90 Å². The zero-order chi connectivity index (χ0) is 17.4. The molecule has 0 aromatic heterocycles. The molecule has 126 valence electrons. The summed E-state index contributed by atoms with van der Waals surface area (Å²) in [5.41, 5.74) is 1.43. The molecule has 3 amide bonds. The second-order valence-corrected chi connectivity index (χ2v) is 4.92. The average Bonchev–Trinajstić information content (AvgIpc) is 2.58. The molecule has 2 N–H and O–H groups in total. The van der Waals surface area contributed by atoms with E-state index in [9.17, 15) is 9.59 Å². The van der Waals surface area contributed by atoms with Crippen LogP contribution in [0.3, 0.4) is 0 Å². The van der Waals surface area contributed by atoms with Crippen molar-refractivity contribution in [1.29, 1.82) is 0 Å². The maximum absolute atomic E-state index is 12.4. The van der Waals surface area contributed by atoms with Gasteiger partial charge >= 0.3 is 12.1 Å². The topological polar surface area (TPSA) is 70.7 Å². The third kappa shape index (κ3) is 4.49. The Morgan fingerprint density at radius 1 is 0.875 bits per heavy atom. The normalized spacial score (nSPS) is 9.92. The van der Waals surface area contributed by atoms with Crippen LogP contribution in [0, 0.1) is 0 Å². The summed E-state index contributed by atoms with van der Waals surface area (Å²) in [5.74, 6) is 0.411. The zero-order valence-electron chi connectivity index (χ0n) is 13.8. The van der Waals surface area contributed by atoms with E-state index in [-0.39, 0.29) is 6.03 Å². The fraction of sp³-hybridized carbons (Fsp3) is 0.222. The number of nitrogens with one attached hydrogen (secondary N) is 2. The van der Waals surface area contributed by atoms with Gasteiger partial charge in [-0.05, 0) is 50.2 Å². The smallest absolute Gasteiger partial charge is 0.410 e. The SMILES string of the molecule is CCNC(=O)Oc1ccc(N(C(=O)NCC)c2ccccc2)cc1. The number of urea groups is 1. The third-order valence-electron chi connectivity index (χ3n) is 3.17. The van der Waals surface area contributed by atoms with Crippen LogP contribution in [0.1, 0.15) is 13.8 Å². The first-order chi connectivity index (χ1) is 11.7. The van der Waals surface area contributed by atoms with Crippen molar-refractivity contribution in [3.05, 3.63) is 54.6 Å². The minimum absolute atomic E-state index is 0.221. The second kappa shape index (κ2) is 8.57. The molecule has 0 aliphatic carbocycles. The van der Waals surface area contributed by atoms with Crippen molar-refractivity contribution >= 4 is 23.5 Å². The van der Waals surface area contributed by atoms with Gasteiger partial charge in [0.05, 0.1) is 11.4 Å². The monoisotopic (exact) mass is 327 g/mol. The fourth-order valence-electron chi connectivity index (χ4n) is 2.14. The Morgan fingerprint density at radius 3 is 2.04 bits per heavy atom. The minimum atomic E-state index is -0.506. The van der Waals surface area contributed by atoms with Gasteiger partial charge in [0.25, 0.3) is 0 Å². The predicted octanol–water partition coefficient (Wildman–Crippen LogP) is 3.66. The predicted molar refractivity (Wildman–Crippen MR) is 93.8 cm³/mol. The molecule has 6 heteroatoms. The number of carbonyl (C=O) groups is 2. The number of nitrogens with zero attached hydrogens (tertiary/aromatic N) is 1. The molecule has 0 unspecified atom stereocenters. The highest BCUT2D eigenvalue weighted by Crippen LogP contribution is 2.27. The molecule has 0 aliphatic rings. The lowest BCUT2D eigenvalue weighted by Gasteiger charge is -2.23. The molecular formula is C18H21N3O3. The number of benzene rings is 2. The standard InChI is InChI=1S/C18H21N3O3/c1-3-19-17(22)21(14-8-6-5-7-9-14)15-10-12-16(13-11-15)24-18(23)20-4-2/h5-13H,3-4H2,1-2H3,(H,19,22)(H,20,23). The van der Waals surface area contributed by atoms with E-state index in [0.29, 0.717) is 24.5 Å². The highest BCUT2D eigenvalue weighted by Gasteiger charge is 2.17. The van der Waals surface area contributed by atoms with Crippen LogP contribution >= 0.6 is 0 Å². The number of carbonyl (C=O) groups excluding carboxylic acids is 2. The van der Waals surface area contributed by atoms with E-state index in [1.165, 1.54) is 0 Å². The van der Waals surface area contributed by atoms with Crippen molar-refractivity contribution in [2.24, 2.45) is 0 Å². The summed E-state index contributed by atoms with van der Waals surface area (Å²) in [4.78, 5) is 25.4. The maximum atomic E-state index is 12.4. The summed E-state index contributed by atoms with van der Waals surface area (Å²) in [6.07, 6.45) is -0.506. The first-order valence-electron chi connectivity index (χ1n) is 7.84. The lowest BCUT2D eigenvalue weighted by Crippen LogP contribution is -2.36. The highest BCUT2D eigenvalue weighted by molar-refractivity contribution is 5.99. The molecule has 2 aromatic rings. The van der Waals surface area contributed by atoms with E-state index < -0.39 is 6.09 Å². The van der Waals surface area contributed by atoms with Gasteiger partial charge in [0.15, 0.2) is 0 Å². The summed E-state index contributed by atoms with van der Waals surface area (Å²) in [5, 5.41) is 5.35. The Labute approximate surface area is 141 Å². The summed E-state index contributed by atoms with van der Waals surface area (Å²) in [6, 6.07) is 15.9. The van der Waals surface area contributed by atoms with E-state index in [1.54, 1.807) is 29.2 Å². The highest BCUT2D eigenvalue weighted by atomic mass is 16.6. The molecule has 0 saturated heterocycles. The fourth-order valence-corrected chi connectivity index (χ4v) is 2.14. The number of ether oxygens (including phenoxy) is 1. The van der Waals surface area contributed by atoms with Gasteiger partial charge < -0.3 is 15.4 Å². The largest absolute Gasteiger partial charge is 0.412 e. The molecule has 0 fully saturated rings. The van der Waals surface area contributed by atoms with Crippen molar-refractivity contribution in [1.82, 2.24) is 10.6 Å². The number of amides is 3. The number of hydrogen-bond acceptors (Lipinski definition) is 3. The van der Waals surface area contributed by atoms with E-state index in [2.05, 4.69) is 10.6 Å². The van der Waals surface area contributed by atoms with Crippen molar-refractivity contribution in [2.75, 3.05) is 18.0 Å². The van der Waals surface area contributed by atoms with E-state index in [4.69, 9.17) is 4.74 Å². The van der Waals surface area contributed by atoms with Crippen LogP contribution < -0.4 is 20.3 Å². The Kier molecular flexibility index (Phi) is 6.19. The number of para-hydroxylation sites is 1. The lowest BCUT2D eigenvalue weighted by atomic mass is 10.2. The molecule has 0 atom stereocenters. The second-order valence-electron chi connectivity index (χ2n) is 4.92. The van der Waals surface area contributed by atoms with Gasteiger partial charge in [0, 0.05) is 13.1 Å². The minimum Gasteiger partial charge on any atom is -0.410 e. The molecule has 0 saturated carbocycles. The van der Waals surface area contributed by atoms with Crippen LogP contribution in [0.5, 0.6) is 5.75 Å². The van der Waals surface area contributed by atoms with Crippen LogP contribution in [0.4, 0.5) is 21.0 Å². The number of hydrogen-bond donors (Lipinski definition) is 2. The molecular weight excluding hydrogens is 306 g/mol. The van der Waals surface area contributed by atoms with Crippen molar-refractivity contribution < 1.29 is 14.3 Å². The molecule has 0 heterocycles. The molecule has 0 bridgehead atoms. The number of anilines is 2.